The lowest BCUT2D eigenvalue weighted by molar-refractivity contribution is -0.138. The van der Waals surface area contributed by atoms with Crippen molar-refractivity contribution in [2.24, 2.45) is 0 Å². The fourth-order valence-corrected chi connectivity index (χ4v) is 1.83. The van der Waals surface area contributed by atoms with Gasteiger partial charge in [-0.05, 0) is 18.9 Å². The second kappa shape index (κ2) is 4.63. The number of rotatable bonds is 5. The minimum Gasteiger partial charge on any atom is -0.508 e. The molecular weight excluding hydrogens is 222 g/mol. The number of aliphatic carboxylic acids is 1. The van der Waals surface area contributed by atoms with Gasteiger partial charge in [-0.3, -0.25) is 9.69 Å². The number of carboxylic acid groups (broad SMARTS) is 1. The van der Waals surface area contributed by atoms with Crippen LogP contribution in [0.1, 0.15) is 18.4 Å². The second-order valence-corrected chi connectivity index (χ2v) is 4.34. The lowest BCUT2D eigenvalue weighted by Crippen LogP contribution is -2.31. The van der Waals surface area contributed by atoms with Gasteiger partial charge in [0.05, 0.1) is 6.54 Å². The first kappa shape index (κ1) is 11.7. The molecule has 0 saturated heterocycles. The standard InChI is InChI=1S/C12H15NO4/c14-10-4-1-8(11(15)5-10)6-13(7-12(16)17)9-2-3-9/h1,4-5,9,14-15H,2-3,6-7H2,(H,16,17). The zero-order valence-electron chi connectivity index (χ0n) is 9.33. The highest BCUT2D eigenvalue weighted by atomic mass is 16.4. The average molecular weight is 237 g/mol. The van der Waals surface area contributed by atoms with E-state index in [1.165, 1.54) is 12.1 Å². The number of benzene rings is 1. The van der Waals surface area contributed by atoms with E-state index in [2.05, 4.69) is 0 Å². The van der Waals surface area contributed by atoms with Gasteiger partial charge in [-0.25, -0.2) is 0 Å². The molecule has 17 heavy (non-hydrogen) atoms. The molecule has 0 radical (unpaired) electrons. The molecule has 0 spiro atoms. The predicted octanol–water partition coefficient (Wildman–Crippen LogP) is 1.15. The van der Waals surface area contributed by atoms with Crippen LogP contribution in [0.15, 0.2) is 18.2 Å². The van der Waals surface area contributed by atoms with Crippen LogP contribution >= 0.6 is 0 Å². The minimum absolute atomic E-state index is 0.000962. The Kier molecular flexibility index (Phi) is 3.19. The third-order valence-electron chi connectivity index (χ3n) is 2.84. The van der Waals surface area contributed by atoms with Crippen molar-refractivity contribution in [3.63, 3.8) is 0 Å². The molecule has 0 amide bonds. The van der Waals surface area contributed by atoms with E-state index in [-0.39, 0.29) is 18.0 Å². The fourth-order valence-electron chi connectivity index (χ4n) is 1.83. The van der Waals surface area contributed by atoms with Gasteiger partial charge < -0.3 is 15.3 Å². The zero-order valence-corrected chi connectivity index (χ0v) is 9.33. The van der Waals surface area contributed by atoms with Crippen LogP contribution in [0.3, 0.4) is 0 Å². The second-order valence-electron chi connectivity index (χ2n) is 4.34. The molecule has 1 aromatic rings. The summed E-state index contributed by atoms with van der Waals surface area (Å²) in [5.74, 6) is -0.862. The van der Waals surface area contributed by atoms with Gasteiger partial charge in [0.2, 0.25) is 0 Å². The van der Waals surface area contributed by atoms with Crippen molar-refractivity contribution < 1.29 is 20.1 Å². The number of hydrogen-bond acceptors (Lipinski definition) is 4. The van der Waals surface area contributed by atoms with Crippen molar-refractivity contribution in [2.45, 2.75) is 25.4 Å². The van der Waals surface area contributed by atoms with E-state index in [0.29, 0.717) is 18.2 Å². The number of carbonyl (C=O) groups is 1. The molecule has 3 N–H and O–H groups in total. The van der Waals surface area contributed by atoms with Crippen molar-refractivity contribution in [2.75, 3.05) is 6.54 Å². The molecule has 0 unspecified atom stereocenters. The van der Waals surface area contributed by atoms with Crippen LogP contribution in [0.2, 0.25) is 0 Å². The van der Waals surface area contributed by atoms with Gasteiger partial charge in [-0.15, -0.1) is 0 Å². The van der Waals surface area contributed by atoms with Crippen LogP contribution in [0.4, 0.5) is 0 Å². The lowest BCUT2D eigenvalue weighted by Gasteiger charge is -2.20. The van der Waals surface area contributed by atoms with E-state index in [4.69, 9.17) is 5.11 Å². The van der Waals surface area contributed by atoms with Crippen LogP contribution in [-0.4, -0.2) is 38.8 Å². The average Bonchev–Trinajstić information content (AvgIpc) is 3.03. The van der Waals surface area contributed by atoms with Crippen LogP contribution in [0.25, 0.3) is 0 Å². The molecule has 1 saturated carbocycles. The quantitative estimate of drug-likeness (QED) is 0.715. The molecule has 1 aromatic carbocycles. The SMILES string of the molecule is O=C(O)CN(Cc1ccc(O)cc1O)C1CC1. The van der Waals surface area contributed by atoms with Gasteiger partial charge in [0, 0.05) is 24.2 Å². The maximum absolute atomic E-state index is 10.7. The highest BCUT2D eigenvalue weighted by Gasteiger charge is 2.30. The van der Waals surface area contributed by atoms with Crippen LogP contribution in [0.5, 0.6) is 11.5 Å². The van der Waals surface area contributed by atoms with Gasteiger partial charge in [-0.2, -0.15) is 0 Å². The molecule has 2 rings (SSSR count). The molecule has 5 heteroatoms. The third kappa shape index (κ3) is 3.10. The van der Waals surface area contributed by atoms with Crippen LogP contribution in [-0.2, 0) is 11.3 Å². The third-order valence-corrected chi connectivity index (χ3v) is 2.84. The van der Waals surface area contributed by atoms with Crippen molar-refractivity contribution in [3.8, 4) is 11.5 Å². The summed E-state index contributed by atoms with van der Waals surface area (Å²) in [5, 5.41) is 27.6. The maximum atomic E-state index is 10.7. The number of hydrogen-bond donors (Lipinski definition) is 3. The first-order valence-corrected chi connectivity index (χ1v) is 5.53. The molecule has 5 nitrogen and oxygen atoms in total. The van der Waals surface area contributed by atoms with Gasteiger partial charge in [-0.1, -0.05) is 6.07 Å². The summed E-state index contributed by atoms with van der Waals surface area (Å²) in [6.45, 7) is 0.369. The molecule has 0 aromatic heterocycles. The molecular formula is C12H15NO4. The van der Waals surface area contributed by atoms with Gasteiger partial charge in [0.25, 0.3) is 0 Å². The van der Waals surface area contributed by atoms with Gasteiger partial charge in [0.15, 0.2) is 0 Å². The van der Waals surface area contributed by atoms with Crippen molar-refractivity contribution in [3.05, 3.63) is 23.8 Å². The molecule has 1 aliphatic carbocycles. The zero-order chi connectivity index (χ0) is 12.4. The summed E-state index contributed by atoms with van der Waals surface area (Å²) in [7, 11) is 0. The first-order chi connectivity index (χ1) is 8.06. The number of phenols is 2. The van der Waals surface area contributed by atoms with E-state index in [0.717, 1.165) is 12.8 Å². The Morgan fingerprint density at radius 2 is 2.06 bits per heavy atom. The Morgan fingerprint density at radius 3 is 2.59 bits per heavy atom. The van der Waals surface area contributed by atoms with E-state index in [1.807, 2.05) is 4.90 Å². The Hall–Kier alpha value is -1.75. The van der Waals surface area contributed by atoms with E-state index in [1.54, 1.807) is 6.07 Å². The van der Waals surface area contributed by atoms with Gasteiger partial charge in [0.1, 0.15) is 11.5 Å². The number of aromatic hydroxyl groups is 2. The molecule has 1 fully saturated rings. The monoisotopic (exact) mass is 237 g/mol. The van der Waals surface area contributed by atoms with Crippen molar-refractivity contribution in [1.82, 2.24) is 4.90 Å². The van der Waals surface area contributed by atoms with Crippen molar-refractivity contribution >= 4 is 5.97 Å². The Morgan fingerprint density at radius 1 is 1.35 bits per heavy atom. The molecule has 92 valence electrons. The molecule has 0 heterocycles. The minimum atomic E-state index is -0.866. The maximum Gasteiger partial charge on any atom is 0.317 e. The number of carboxylic acids is 1. The molecule has 0 atom stereocenters. The van der Waals surface area contributed by atoms with Crippen LogP contribution < -0.4 is 0 Å². The van der Waals surface area contributed by atoms with Crippen LogP contribution in [0, 0.1) is 0 Å². The predicted molar refractivity (Wildman–Crippen MR) is 60.8 cm³/mol. The van der Waals surface area contributed by atoms with E-state index < -0.39 is 5.97 Å². The topological polar surface area (TPSA) is 81.0 Å². The Bertz CT molecular complexity index is 429. The Balaban J connectivity index is 2.08. The number of nitrogens with zero attached hydrogens (tertiary/aromatic N) is 1. The van der Waals surface area contributed by atoms with Crippen molar-refractivity contribution in [1.29, 1.82) is 0 Å². The summed E-state index contributed by atoms with van der Waals surface area (Å²) in [4.78, 5) is 12.6. The van der Waals surface area contributed by atoms with E-state index in [9.17, 15) is 15.0 Å². The smallest absolute Gasteiger partial charge is 0.317 e. The first-order valence-electron chi connectivity index (χ1n) is 5.53. The Labute approximate surface area is 98.9 Å². The molecule has 0 bridgehead atoms. The van der Waals surface area contributed by atoms with E-state index >= 15 is 0 Å². The highest BCUT2D eigenvalue weighted by Crippen LogP contribution is 2.30. The molecule has 0 aliphatic heterocycles. The highest BCUT2D eigenvalue weighted by molar-refractivity contribution is 5.69. The normalized spacial score (nSPS) is 15.1. The number of phenolic OH excluding ortho intramolecular Hbond substituents is 2. The summed E-state index contributed by atoms with van der Waals surface area (Å²) >= 11 is 0. The summed E-state index contributed by atoms with van der Waals surface area (Å²) in [5.41, 5.74) is 0.635. The van der Waals surface area contributed by atoms with Gasteiger partial charge >= 0.3 is 5.97 Å². The molecule has 1 aliphatic rings. The fraction of sp³-hybridized carbons (Fsp3) is 0.417. The summed E-state index contributed by atoms with van der Waals surface area (Å²) < 4.78 is 0. The largest absolute Gasteiger partial charge is 0.508 e. The summed E-state index contributed by atoms with van der Waals surface area (Å²) in [6.07, 6.45) is 2.01. The lowest BCUT2D eigenvalue weighted by atomic mass is 10.1. The summed E-state index contributed by atoms with van der Waals surface area (Å²) in [6, 6.07) is 4.67.